The molecule has 0 saturated carbocycles. The summed E-state index contributed by atoms with van der Waals surface area (Å²) in [5.41, 5.74) is -0.633. The molecule has 1 amide bonds. The van der Waals surface area contributed by atoms with Crippen molar-refractivity contribution < 1.29 is 34.8 Å². The van der Waals surface area contributed by atoms with Crippen molar-refractivity contribution in [1.29, 1.82) is 0 Å². The van der Waals surface area contributed by atoms with E-state index in [0.717, 1.165) is 30.3 Å². The predicted molar refractivity (Wildman–Crippen MR) is 98.1 cm³/mol. The number of anilines is 1. The topological polar surface area (TPSA) is 109 Å². The van der Waals surface area contributed by atoms with Gasteiger partial charge in [-0.2, -0.15) is 0 Å². The van der Waals surface area contributed by atoms with E-state index in [0.29, 0.717) is 6.07 Å². The number of carbonyl (C=O) groups is 1. The molecule has 156 valence electrons. The molecule has 0 aromatic heterocycles. The lowest BCUT2D eigenvalue weighted by Crippen LogP contribution is -2.35. The Balaban J connectivity index is 1.72. The lowest BCUT2D eigenvalue weighted by molar-refractivity contribution is 0.102. The van der Waals surface area contributed by atoms with Crippen molar-refractivity contribution in [3.05, 3.63) is 59.4 Å². The van der Waals surface area contributed by atoms with E-state index in [1.54, 1.807) is 0 Å². The van der Waals surface area contributed by atoms with E-state index < -0.39 is 54.9 Å². The van der Waals surface area contributed by atoms with E-state index in [1.807, 2.05) is 0 Å². The Morgan fingerprint density at radius 3 is 2.24 bits per heavy atom. The van der Waals surface area contributed by atoms with Crippen LogP contribution in [-0.4, -0.2) is 40.3 Å². The van der Waals surface area contributed by atoms with Gasteiger partial charge in [-0.3, -0.25) is 4.79 Å². The number of amides is 1. The molecule has 2 N–H and O–H groups in total. The average Bonchev–Trinajstić information content (AvgIpc) is 3.00. The van der Waals surface area contributed by atoms with Gasteiger partial charge < -0.3 is 5.32 Å². The summed E-state index contributed by atoms with van der Waals surface area (Å²) in [4.78, 5) is 12.0. The highest BCUT2D eigenvalue weighted by Gasteiger charge is 2.31. The lowest BCUT2D eigenvalue weighted by Gasteiger charge is -2.12. The van der Waals surface area contributed by atoms with Gasteiger partial charge >= 0.3 is 0 Å². The van der Waals surface area contributed by atoms with Gasteiger partial charge in [-0.15, -0.1) is 0 Å². The molecular formula is C17H15F3N2O5S2. The van der Waals surface area contributed by atoms with Crippen LogP contribution in [0.4, 0.5) is 18.9 Å². The maximum Gasteiger partial charge on any atom is 0.255 e. The van der Waals surface area contributed by atoms with Crippen LogP contribution < -0.4 is 10.0 Å². The molecule has 1 saturated heterocycles. The normalized spacial score (nSPS) is 18.5. The summed E-state index contributed by atoms with van der Waals surface area (Å²) in [7, 11) is -7.28. The van der Waals surface area contributed by atoms with Crippen molar-refractivity contribution in [2.45, 2.75) is 17.4 Å². The Labute approximate surface area is 164 Å². The number of nitrogens with one attached hydrogen (secondary N) is 2. The Bertz CT molecular complexity index is 1170. The zero-order valence-corrected chi connectivity index (χ0v) is 16.3. The monoisotopic (exact) mass is 448 g/mol. The predicted octanol–water partition coefficient (Wildman–Crippen LogP) is 1.82. The standard InChI is InChI=1S/C17H15F3N2O5S2/c18-13-5-6-14(16(20)15(13)19)21-17(23)10-1-3-12(4-2-10)29(26,27)22-11-7-8-28(24,25)9-11/h1-6,11,22H,7-9H2,(H,21,23). The first-order valence-electron chi connectivity index (χ1n) is 8.26. The second kappa shape index (κ2) is 7.76. The Hall–Kier alpha value is -2.44. The second-order valence-corrected chi connectivity index (χ2v) is 10.4. The fraction of sp³-hybridized carbons (Fsp3) is 0.235. The third-order valence-corrected chi connectivity index (χ3v) is 7.57. The van der Waals surface area contributed by atoms with E-state index in [2.05, 4.69) is 10.0 Å². The molecule has 2 aromatic carbocycles. The molecular weight excluding hydrogens is 433 g/mol. The van der Waals surface area contributed by atoms with Crippen molar-refractivity contribution in [3.8, 4) is 0 Å². The molecule has 0 aliphatic carbocycles. The van der Waals surface area contributed by atoms with Crippen molar-refractivity contribution in [1.82, 2.24) is 4.72 Å². The Morgan fingerprint density at radius 2 is 1.66 bits per heavy atom. The fourth-order valence-electron chi connectivity index (χ4n) is 2.78. The van der Waals surface area contributed by atoms with Crippen LogP contribution in [0.3, 0.4) is 0 Å². The molecule has 1 atom stereocenters. The number of carbonyl (C=O) groups excluding carboxylic acids is 1. The number of hydrogen-bond acceptors (Lipinski definition) is 5. The molecule has 3 rings (SSSR count). The van der Waals surface area contributed by atoms with Gasteiger partial charge in [-0.25, -0.2) is 34.7 Å². The summed E-state index contributed by atoms with van der Waals surface area (Å²) in [5.74, 6) is -5.95. The SMILES string of the molecule is O=C(Nc1ccc(F)c(F)c1F)c1ccc(S(=O)(=O)NC2CCS(=O)(=O)C2)cc1. The summed E-state index contributed by atoms with van der Waals surface area (Å²) in [5, 5.41) is 2.07. The molecule has 1 aliphatic heterocycles. The van der Waals surface area contributed by atoms with Gasteiger partial charge in [-0.1, -0.05) is 0 Å². The van der Waals surface area contributed by atoms with Crippen LogP contribution in [-0.2, 0) is 19.9 Å². The van der Waals surface area contributed by atoms with E-state index in [4.69, 9.17) is 0 Å². The molecule has 29 heavy (non-hydrogen) atoms. The summed E-state index contributed by atoms with van der Waals surface area (Å²) < 4.78 is 89.7. The molecule has 1 fully saturated rings. The van der Waals surface area contributed by atoms with E-state index in [9.17, 15) is 34.8 Å². The molecule has 1 heterocycles. The molecule has 0 bridgehead atoms. The highest BCUT2D eigenvalue weighted by molar-refractivity contribution is 7.92. The van der Waals surface area contributed by atoms with Crippen LogP contribution in [0.2, 0.25) is 0 Å². The first-order valence-corrected chi connectivity index (χ1v) is 11.6. The molecule has 1 unspecified atom stereocenters. The third kappa shape index (κ3) is 4.77. The van der Waals surface area contributed by atoms with Crippen LogP contribution in [0.1, 0.15) is 16.8 Å². The average molecular weight is 448 g/mol. The number of benzene rings is 2. The summed E-state index contributed by atoms with van der Waals surface area (Å²) in [6, 6.07) is 5.29. The number of hydrogen-bond donors (Lipinski definition) is 2. The molecule has 2 aromatic rings. The van der Waals surface area contributed by atoms with Crippen LogP contribution in [0, 0.1) is 17.5 Å². The Morgan fingerprint density at radius 1 is 1.00 bits per heavy atom. The van der Waals surface area contributed by atoms with Crippen molar-refractivity contribution in [3.63, 3.8) is 0 Å². The zero-order chi connectivity index (χ0) is 21.4. The number of sulfonamides is 1. The minimum absolute atomic E-state index is 0.0588. The minimum Gasteiger partial charge on any atom is -0.319 e. The van der Waals surface area contributed by atoms with Crippen molar-refractivity contribution in [2.24, 2.45) is 0 Å². The van der Waals surface area contributed by atoms with Crippen LogP contribution >= 0.6 is 0 Å². The van der Waals surface area contributed by atoms with Crippen LogP contribution in [0.15, 0.2) is 41.3 Å². The second-order valence-electron chi connectivity index (χ2n) is 6.42. The van der Waals surface area contributed by atoms with Gasteiger partial charge in [0.25, 0.3) is 5.91 Å². The van der Waals surface area contributed by atoms with Crippen molar-refractivity contribution in [2.75, 3.05) is 16.8 Å². The summed E-state index contributed by atoms with van der Waals surface area (Å²) in [6.45, 7) is 0. The molecule has 1 aliphatic rings. The van der Waals surface area contributed by atoms with Gasteiger partial charge in [0, 0.05) is 11.6 Å². The van der Waals surface area contributed by atoms with Crippen molar-refractivity contribution >= 4 is 31.5 Å². The van der Waals surface area contributed by atoms with Gasteiger partial charge in [0.1, 0.15) is 0 Å². The smallest absolute Gasteiger partial charge is 0.255 e. The fourth-order valence-corrected chi connectivity index (χ4v) is 5.83. The first kappa shape index (κ1) is 21.3. The molecule has 0 radical (unpaired) electrons. The van der Waals surface area contributed by atoms with Gasteiger partial charge in [0.15, 0.2) is 27.3 Å². The van der Waals surface area contributed by atoms with E-state index in [1.165, 1.54) is 0 Å². The Kier molecular flexibility index (Phi) is 5.70. The highest BCUT2D eigenvalue weighted by Crippen LogP contribution is 2.21. The lowest BCUT2D eigenvalue weighted by atomic mass is 10.2. The summed E-state index contributed by atoms with van der Waals surface area (Å²) in [6.07, 6.45) is 0.168. The van der Waals surface area contributed by atoms with Crippen LogP contribution in [0.25, 0.3) is 0 Å². The quantitative estimate of drug-likeness (QED) is 0.679. The third-order valence-electron chi connectivity index (χ3n) is 4.26. The van der Waals surface area contributed by atoms with E-state index >= 15 is 0 Å². The molecule has 7 nitrogen and oxygen atoms in total. The van der Waals surface area contributed by atoms with Gasteiger partial charge in [0.05, 0.1) is 22.1 Å². The minimum atomic E-state index is -4.01. The number of sulfone groups is 1. The zero-order valence-electron chi connectivity index (χ0n) is 14.7. The van der Waals surface area contributed by atoms with Gasteiger partial charge in [0.2, 0.25) is 10.0 Å². The van der Waals surface area contributed by atoms with Crippen LogP contribution in [0.5, 0.6) is 0 Å². The highest BCUT2D eigenvalue weighted by atomic mass is 32.2. The first-order chi connectivity index (χ1) is 13.5. The largest absolute Gasteiger partial charge is 0.319 e. The maximum absolute atomic E-state index is 13.6. The maximum atomic E-state index is 13.6. The number of halogens is 3. The molecule has 0 spiro atoms. The van der Waals surface area contributed by atoms with Gasteiger partial charge in [-0.05, 0) is 42.8 Å². The summed E-state index contributed by atoms with van der Waals surface area (Å²) >= 11 is 0. The number of rotatable bonds is 5. The molecule has 12 heteroatoms. The van der Waals surface area contributed by atoms with E-state index in [-0.39, 0.29) is 28.4 Å².